The molecule has 28 heavy (non-hydrogen) atoms. The summed E-state index contributed by atoms with van der Waals surface area (Å²) in [5.74, 6) is 0.344. The Kier molecular flexibility index (Phi) is 5.27. The number of aryl methyl sites for hydroxylation is 1. The summed E-state index contributed by atoms with van der Waals surface area (Å²) in [6.07, 6.45) is 1.49. The average molecular weight is 412 g/mol. The predicted octanol–water partition coefficient (Wildman–Crippen LogP) is 4.31. The summed E-state index contributed by atoms with van der Waals surface area (Å²) in [6, 6.07) is 9.95. The van der Waals surface area contributed by atoms with Gasteiger partial charge in [-0.3, -0.25) is 0 Å². The van der Waals surface area contributed by atoms with Crippen molar-refractivity contribution >= 4 is 44.7 Å². The molecule has 4 aromatic rings. The van der Waals surface area contributed by atoms with Gasteiger partial charge < -0.3 is 10.1 Å². The number of hydrogen-bond donors (Lipinski definition) is 1. The first-order valence-corrected chi connectivity index (χ1v) is 10.3. The van der Waals surface area contributed by atoms with E-state index in [1.165, 1.54) is 29.0 Å². The number of hydrogen-bond acceptors (Lipinski definition) is 9. The third-order valence-corrected chi connectivity index (χ3v) is 6.23. The van der Waals surface area contributed by atoms with Crippen molar-refractivity contribution in [1.82, 2.24) is 20.2 Å². The van der Waals surface area contributed by atoms with Gasteiger partial charge in [-0.05, 0) is 19.4 Å². The van der Waals surface area contributed by atoms with Crippen molar-refractivity contribution in [3.8, 4) is 10.6 Å². The summed E-state index contributed by atoms with van der Waals surface area (Å²) in [5, 5.41) is 14.4. The molecule has 4 rings (SSSR count). The quantitative estimate of drug-likeness (QED) is 0.473. The lowest BCUT2D eigenvalue weighted by Gasteiger charge is -2.05. The van der Waals surface area contributed by atoms with Crippen molar-refractivity contribution in [1.29, 1.82) is 0 Å². The van der Waals surface area contributed by atoms with E-state index in [0.29, 0.717) is 23.8 Å². The fraction of sp³-hybridized carbons (Fsp3) is 0.211. The molecular formula is C19H17N5O2S2. The molecule has 0 spiro atoms. The van der Waals surface area contributed by atoms with E-state index >= 15 is 0 Å². The Balaban J connectivity index is 1.57. The van der Waals surface area contributed by atoms with Gasteiger partial charge in [-0.1, -0.05) is 41.7 Å². The number of thiophene rings is 1. The van der Waals surface area contributed by atoms with Crippen LogP contribution in [0, 0.1) is 6.92 Å². The highest BCUT2D eigenvalue weighted by atomic mass is 32.1. The standard InChI is InChI=1S/C19H17N5O2S2/c1-3-26-19(25)15-11(2)14-16(21-10-22-18(14)28-15)20-9-13-23-24-17(27-13)12-7-5-4-6-8-12/h4-8,10H,3,9H2,1-2H3,(H,20,21,22). The van der Waals surface area contributed by atoms with Crippen LogP contribution in [0.15, 0.2) is 36.7 Å². The van der Waals surface area contributed by atoms with E-state index < -0.39 is 0 Å². The number of fused-ring (bicyclic) bond motifs is 1. The fourth-order valence-corrected chi connectivity index (χ4v) is 4.61. The van der Waals surface area contributed by atoms with E-state index in [9.17, 15) is 4.79 Å². The highest BCUT2D eigenvalue weighted by Gasteiger charge is 2.20. The Morgan fingerprint density at radius 1 is 1.14 bits per heavy atom. The summed E-state index contributed by atoms with van der Waals surface area (Å²) >= 11 is 2.85. The lowest BCUT2D eigenvalue weighted by atomic mass is 10.2. The number of esters is 1. The lowest BCUT2D eigenvalue weighted by Crippen LogP contribution is -2.04. The molecule has 9 heteroatoms. The number of carbonyl (C=O) groups is 1. The molecule has 0 amide bonds. The summed E-state index contributed by atoms with van der Waals surface area (Å²) in [5.41, 5.74) is 1.87. The Morgan fingerprint density at radius 2 is 1.96 bits per heavy atom. The number of nitrogens with zero attached hydrogens (tertiary/aromatic N) is 4. The molecule has 0 aliphatic rings. The second-order valence-corrected chi connectivity index (χ2v) is 7.96. The average Bonchev–Trinajstić information content (AvgIpc) is 3.32. The van der Waals surface area contributed by atoms with Crippen molar-refractivity contribution in [3.05, 3.63) is 52.1 Å². The van der Waals surface area contributed by atoms with Crippen LogP contribution in [0.1, 0.15) is 27.2 Å². The monoisotopic (exact) mass is 411 g/mol. The smallest absolute Gasteiger partial charge is 0.348 e. The molecule has 0 radical (unpaired) electrons. The Morgan fingerprint density at radius 3 is 2.75 bits per heavy atom. The minimum atomic E-state index is -0.328. The zero-order chi connectivity index (χ0) is 19.5. The summed E-state index contributed by atoms with van der Waals surface area (Å²) in [4.78, 5) is 22.1. The molecule has 0 fully saturated rings. The van der Waals surface area contributed by atoms with Gasteiger partial charge in [0.15, 0.2) is 0 Å². The van der Waals surface area contributed by atoms with Gasteiger partial charge in [0, 0.05) is 5.56 Å². The van der Waals surface area contributed by atoms with Gasteiger partial charge in [0.1, 0.15) is 31.9 Å². The van der Waals surface area contributed by atoms with Crippen LogP contribution < -0.4 is 5.32 Å². The molecule has 1 N–H and O–H groups in total. The van der Waals surface area contributed by atoms with Crippen LogP contribution in [0.2, 0.25) is 0 Å². The van der Waals surface area contributed by atoms with Crippen LogP contribution in [0.25, 0.3) is 20.8 Å². The molecular weight excluding hydrogens is 394 g/mol. The van der Waals surface area contributed by atoms with Crippen LogP contribution in [-0.4, -0.2) is 32.7 Å². The third kappa shape index (κ3) is 3.58. The van der Waals surface area contributed by atoms with Gasteiger partial charge in [0.2, 0.25) is 0 Å². The van der Waals surface area contributed by atoms with Gasteiger partial charge in [-0.25, -0.2) is 14.8 Å². The van der Waals surface area contributed by atoms with E-state index in [-0.39, 0.29) is 5.97 Å². The van der Waals surface area contributed by atoms with E-state index in [0.717, 1.165) is 31.4 Å². The van der Waals surface area contributed by atoms with Crippen LogP contribution in [0.4, 0.5) is 5.82 Å². The number of nitrogens with one attached hydrogen (secondary N) is 1. The molecule has 0 atom stereocenters. The van der Waals surface area contributed by atoms with Gasteiger partial charge in [0.05, 0.1) is 18.5 Å². The number of benzene rings is 1. The predicted molar refractivity (Wildman–Crippen MR) is 111 cm³/mol. The van der Waals surface area contributed by atoms with E-state index in [1.54, 1.807) is 6.92 Å². The number of ether oxygens (including phenoxy) is 1. The molecule has 1 aromatic carbocycles. The highest BCUT2D eigenvalue weighted by Crippen LogP contribution is 2.34. The van der Waals surface area contributed by atoms with Crippen molar-refractivity contribution < 1.29 is 9.53 Å². The number of rotatable bonds is 6. The molecule has 0 aliphatic carbocycles. The Labute approximate surface area is 169 Å². The Hall–Kier alpha value is -2.91. The third-order valence-electron chi connectivity index (χ3n) is 4.08. The second-order valence-electron chi connectivity index (χ2n) is 5.90. The topological polar surface area (TPSA) is 89.9 Å². The van der Waals surface area contributed by atoms with Gasteiger partial charge in [-0.15, -0.1) is 21.5 Å². The zero-order valence-corrected chi connectivity index (χ0v) is 16.9. The van der Waals surface area contributed by atoms with Crippen LogP contribution >= 0.6 is 22.7 Å². The normalized spacial score (nSPS) is 10.9. The molecule has 0 bridgehead atoms. The van der Waals surface area contributed by atoms with Crippen molar-refractivity contribution in [2.45, 2.75) is 20.4 Å². The summed E-state index contributed by atoms with van der Waals surface area (Å²) in [6.45, 7) is 4.50. The maximum atomic E-state index is 12.2. The maximum absolute atomic E-state index is 12.2. The second kappa shape index (κ2) is 7.99. The van der Waals surface area contributed by atoms with E-state index in [4.69, 9.17) is 4.74 Å². The van der Waals surface area contributed by atoms with E-state index in [1.807, 2.05) is 37.3 Å². The highest BCUT2D eigenvalue weighted by molar-refractivity contribution is 7.20. The van der Waals surface area contributed by atoms with Crippen molar-refractivity contribution in [3.63, 3.8) is 0 Å². The molecule has 3 aromatic heterocycles. The first-order valence-electron chi connectivity index (χ1n) is 8.70. The van der Waals surface area contributed by atoms with Crippen LogP contribution in [0.3, 0.4) is 0 Å². The summed E-state index contributed by atoms with van der Waals surface area (Å²) in [7, 11) is 0. The molecule has 0 saturated heterocycles. The Bertz CT molecular complexity index is 1120. The first-order chi connectivity index (χ1) is 13.7. The van der Waals surface area contributed by atoms with Crippen molar-refractivity contribution in [2.24, 2.45) is 0 Å². The largest absolute Gasteiger partial charge is 0.462 e. The molecule has 3 heterocycles. The molecule has 0 aliphatic heterocycles. The number of carbonyl (C=O) groups excluding carboxylic acids is 1. The maximum Gasteiger partial charge on any atom is 0.348 e. The van der Waals surface area contributed by atoms with Crippen LogP contribution in [-0.2, 0) is 11.3 Å². The molecule has 0 saturated carbocycles. The van der Waals surface area contributed by atoms with E-state index in [2.05, 4.69) is 25.5 Å². The van der Waals surface area contributed by atoms with Gasteiger partial charge in [-0.2, -0.15) is 0 Å². The van der Waals surface area contributed by atoms with Gasteiger partial charge >= 0.3 is 5.97 Å². The summed E-state index contributed by atoms with van der Waals surface area (Å²) < 4.78 is 5.14. The fourth-order valence-electron chi connectivity index (χ4n) is 2.78. The first kappa shape index (κ1) is 18.5. The SMILES string of the molecule is CCOC(=O)c1sc2ncnc(NCc3nnc(-c4ccccc4)s3)c2c1C. The number of aromatic nitrogens is 4. The number of anilines is 1. The molecule has 7 nitrogen and oxygen atoms in total. The van der Waals surface area contributed by atoms with Crippen LogP contribution in [0.5, 0.6) is 0 Å². The minimum absolute atomic E-state index is 0.328. The zero-order valence-electron chi connectivity index (χ0n) is 15.3. The lowest BCUT2D eigenvalue weighted by molar-refractivity contribution is 0.0531. The molecule has 142 valence electrons. The van der Waals surface area contributed by atoms with Gasteiger partial charge in [0.25, 0.3) is 0 Å². The van der Waals surface area contributed by atoms with Crippen molar-refractivity contribution in [2.75, 3.05) is 11.9 Å². The minimum Gasteiger partial charge on any atom is -0.462 e. The molecule has 0 unspecified atom stereocenters.